The van der Waals surface area contributed by atoms with Gasteiger partial charge in [0.25, 0.3) is 0 Å². The number of aromatic nitrogens is 3. The summed E-state index contributed by atoms with van der Waals surface area (Å²) in [5, 5.41) is 8.82. The number of carbonyl (C=O) groups is 1. The highest BCUT2D eigenvalue weighted by Crippen LogP contribution is 2.26. The lowest BCUT2D eigenvalue weighted by atomic mass is 9.94. The molecule has 4 rings (SSSR count). The van der Waals surface area contributed by atoms with Crippen molar-refractivity contribution >= 4 is 17.7 Å². The maximum atomic E-state index is 13.3. The van der Waals surface area contributed by atoms with Crippen LogP contribution in [-0.4, -0.2) is 37.4 Å². The fraction of sp³-hybridized carbons (Fsp3) is 0.409. The van der Waals surface area contributed by atoms with Crippen molar-refractivity contribution in [2.24, 2.45) is 0 Å². The Morgan fingerprint density at radius 1 is 1.20 bits per heavy atom. The Kier molecular flexibility index (Phi) is 6.84. The molecule has 0 bridgehead atoms. The summed E-state index contributed by atoms with van der Waals surface area (Å²) >= 11 is 1.39. The van der Waals surface area contributed by atoms with E-state index in [4.69, 9.17) is 4.42 Å². The normalized spacial score (nSPS) is 14.7. The number of halogens is 1. The summed E-state index contributed by atoms with van der Waals surface area (Å²) in [5.41, 5.74) is 0.946. The van der Waals surface area contributed by atoms with Crippen molar-refractivity contribution in [2.45, 2.75) is 56.4 Å². The summed E-state index contributed by atoms with van der Waals surface area (Å²) in [6.07, 6.45) is 8.82. The van der Waals surface area contributed by atoms with Crippen molar-refractivity contribution in [3.63, 3.8) is 0 Å². The fourth-order valence-corrected chi connectivity index (χ4v) is 4.65. The SMILES string of the molecule is O=C(CSc1nncn1Cc1ccco1)N(Cc1ccc(F)cc1)C1CCCCC1. The first-order valence-electron chi connectivity index (χ1n) is 10.3. The first kappa shape index (κ1) is 20.7. The topological polar surface area (TPSA) is 64.2 Å². The quantitative estimate of drug-likeness (QED) is 0.494. The van der Waals surface area contributed by atoms with Crippen LogP contribution in [0.3, 0.4) is 0 Å². The second kappa shape index (κ2) is 9.93. The van der Waals surface area contributed by atoms with Crippen LogP contribution in [0, 0.1) is 5.82 Å². The molecule has 2 aromatic heterocycles. The molecule has 0 radical (unpaired) electrons. The highest BCUT2D eigenvalue weighted by atomic mass is 32.2. The Hall–Kier alpha value is -2.61. The predicted molar refractivity (Wildman–Crippen MR) is 112 cm³/mol. The van der Waals surface area contributed by atoms with E-state index in [9.17, 15) is 9.18 Å². The Morgan fingerprint density at radius 2 is 2.00 bits per heavy atom. The van der Waals surface area contributed by atoms with E-state index >= 15 is 0 Å². The summed E-state index contributed by atoms with van der Waals surface area (Å²) in [7, 11) is 0. The lowest BCUT2D eigenvalue weighted by molar-refractivity contribution is -0.132. The predicted octanol–water partition coefficient (Wildman–Crippen LogP) is 4.51. The van der Waals surface area contributed by atoms with Gasteiger partial charge in [0, 0.05) is 12.6 Å². The van der Waals surface area contributed by atoms with Crippen molar-refractivity contribution in [1.82, 2.24) is 19.7 Å². The second-order valence-corrected chi connectivity index (χ2v) is 8.49. The molecule has 0 aliphatic heterocycles. The van der Waals surface area contributed by atoms with E-state index in [0.717, 1.165) is 37.0 Å². The van der Waals surface area contributed by atoms with Crippen LogP contribution in [0.15, 0.2) is 58.6 Å². The van der Waals surface area contributed by atoms with Gasteiger partial charge in [-0.25, -0.2) is 4.39 Å². The molecular formula is C22H25FN4O2S. The Bertz CT molecular complexity index is 936. The number of thioether (sulfide) groups is 1. The first-order valence-corrected chi connectivity index (χ1v) is 11.2. The van der Waals surface area contributed by atoms with Crippen LogP contribution < -0.4 is 0 Å². The van der Waals surface area contributed by atoms with Gasteiger partial charge in [-0.2, -0.15) is 0 Å². The zero-order valence-corrected chi connectivity index (χ0v) is 17.6. The summed E-state index contributed by atoms with van der Waals surface area (Å²) < 4.78 is 20.6. The minimum atomic E-state index is -0.263. The van der Waals surface area contributed by atoms with Crippen LogP contribution in [0.5, 0.6) is 0 Å². The molecule has 0 spiro atoms. The number of benzene rings is 1. The largest absolute Gasteiger partial charge is 0.467 e. The van der Waals surface area contributed by atoms with Crippen molar-refractivity contribution in [2.75, 3.05) is 5.75 Å². The summed E-state index contributed by atoms with van der Waals surface area (Å²) in [4.78, 5) is 15.2. The third kappa shape index (κ3) is 5.30. The summed E-state index contributed by atoms with van der Waals surface area (Å²) in [6.45, 7) is 1.03. The van der Waals surface area contributed by atoms with Gasteiger partial charge in [-0.15, -0.1) is 10.2 Å². The average Bonchev–Trinajstić information content (AvgIpc) is 3.45. The number of nitrogens with zero attached hydrogens (tertiary/aromatic N) is 4. The lowest BCUT2D eigenvalue weighted by Gasteiger charge is -2.34. The number of amides is 1. The van der Waals surface area contributed by atoms with E-state index in [1.54, 1.807) is 24.7 Å². The minimum Gasteiger partial charge on any atom is -0.467 e. The molecule has 1 amide bonds. The average molecular weight is 429 g/mol. The molecule has 0 saturated heterocycles. The smallest absolute Gasteiger partial charge is 0.233 e. The summed E-state index contributed by atoms with van der Waals surface area (Å²) in [5.74, 6) is 0.904. The van der Waals surface area contributed by atoms with Crippen LogP contribution in [0.2, 0.25) is 0 Å². The number of furan rings is 1. The molecule has 1 aliphatic rings. The van der Waals surface area contributed by atoms with Crippen LogP contribution in [0.1, 0.15) is 43.4 Å². The van der Waals surface area contributed by atoms with E-state index in [2.05, 4.69) is 10.2 Å². The standard InChI is InChI=1S/C22H25FN4O2S/c23-18-10-8-17(9-11-18)13-27(19-5-2-1-3-6-19)21(28)15-30-22-25-24-16-26(22)14-20-7-4-12-29-20/h4,7-12,16,19H,1-3,5-6,13-15H2. The van der Waals surface area contributed by atoms with Crippen LogP contribution in [-0.2, 0) is 17.9 Å². The zero-order chi connectivity index (χ0) is 20.8. The molecule has 1 saturated carbocycles. The van der Waals surface area contributed by atoms with E-state index < -0.39 is 0 Å². The zero-order valence-electron chi connectivity index (χ0n) is 16.7. The molecule has 2 heterocycles. The van der Waals surface area contributed by atoms with E-state index in [1.165, 1.54) is 30.3 Å². The maximum absolute atomic E-state index is 13.3. The van der Waals surface area contributed by atoms with Crippen LogP contribution in [0.25, 0.3) is 0 Å². The third-order valence-electron chi connectivity index (χ3n) is 5.41. The molecule has 1 fully saturated rings. The molecule has 3 aromatic rings. The van der Waals surface area contributed by atoms with Gasteiger partial charge in [0.1, 0.15) is 17.9 Å². The van der Waals surface area contributed by atoms with E-state index in [0.29, 0.717) is 18.2 Å². The van der Waals surface area contributed by atoms with Gasteiger partial charge in [0.2, 0.25) is 5.91 Å². The molecule has 0 atom stereocenters. The van der Waals surface area contributed by atoms with Gasteiger partial charge in [-0.05, 0) is 42.7 Å². The molecule has 158 valence electrons. The first-order chi connectivity index (χ1) is 14.7. The third-order valence-corrected chi connectivity index (χ3v) is 6.38. The van der Waals surface area contributed by atoms with Crippen molar-refractivity contribution in [1.29, 1.82) is 0 Å². The number of carbonyl (C=O) groups excluding carboxylic acids is 1. The van der Waals surface area contributed by atoms with E-state index in [-0.39, 0.29) is 23.5 Å². The van der Waals surface area contributed by atoms with Gasteiger partial charge < -0.3 is 13.9 Å². The lowest BCUT2D eigenvalue weighted by Crippen LogP contribution is -2.42. The molecule has 0 unspecified atom stereocenters. The highest BCUT2D eigenvalue weighted by Gasteiger charge is 2.26. The van der Waals surface area contributed by atoms with Gasteiger partial charge in [-0.3, -0.25) is 4.79 Å². The molecule has 0 N–H and O–H groups in total. The monoisotopic (exact) mass is 428 g/mol. The molecule has 1 aromatic carbocycles. The maximum Gasteiger partial charge on any atom is 0.233 e. The Morgan fingerprint density at radius 3 is 2.73 bits per heavy atom. The molecular weight excluding hydrogens is 403 g/mol. The van der Waals surface area contributed by atoms with Crippen LogP contribution in [0.4, 0.5) is 4.39 Å². The van der Waals surface area contributed by atoms with Gasteiger partial charge in [0.15, 0.2) is 5.16 Å². The molecule has 1 aliphatic carbocycles. The minimum absolute atomic E-state index is 0.0729. The van der Waals surface area contributed by atoms with E-state index in [1.807, 2.05) is 21.6 Å². The molecule has 30 heavy (non-hydrogen) atoms. The molecule has 8 heteroatoms. The highest BCUT2D eigenvalue weighted by molar-refractivity contribution is 7.99. The fourth-order valence-electron chi connectivity index (χ4n) is 3.84. The van der Waals surface area contributed by atoms with Crippen molar-refractivity contribution in [3.05, 3.63) is 66.1 Å². The van der Waals surface area contributed by atoms with Gasteiger partial charge in [-0.1, -0.05) is 43.2 Å². The van der Waals surface area contributed by atoms with Crippen molar-refractivity contribution in [3.8, 4) is 0 Å². The second-order valence-electron chi connectivity index (χ2n) is 7.55. The van der Waals surface area contributed by atoms with Gasteiger partial charge in [0.05, 0.1) is 18.6 Å². The number of hydrogen-bond acceptors (Lipinski definition) is 5. The Labute approximate surface area is 179 Å². The van der Waals surface area contributed by atoms with Gasteiger partial charge >= 0.3 is 0 Å². The summed E-state index contributed by atoms with van der Waals surface area (Å²) in [6, 6.07) is 10.4. The Balaban J connectivity index is 1.42. The number of hydrogen-bond donors (Lipinski definition) is 0. The van der Waals surface area contributed by atoms with Crippen LogP contribution >= 0.6 is 11.8 Å². The van der Waals surface area contributed by atoms with Crippen molar-refractivity contribution < 1.29 is 13.6 Å². The molecule has 6 nitrogen and oxygen atoms in total. The number of rotatable bonds is 8.